The Bertz CT molecular complexity index is 344. The van der Waals surface area contributed by atoms with E-state index in [9.17, 15) is 4.79 Å². The summed E-state index contributed by atoms with van der Waals surface area (Å²) >= 11 is 0. The van der Waals surface area contributed by atoms with Crippen molar-refractivity contribution in [2.75, 3.05) is 7.11 Å². The summed E-state index contributed by atoms with van der Waals surface area (Å²) in [5.41, 5.74) is 0.787. The number of hydrogen-bond donors (Lipinski definition) is 1. The number of carbonyl (C=O) groups excluding carboxylic acids is 1. The van der Waals surface area contributed by atoms with Crippen LogP contribution in [0.4, 0.5) is 0 Å². The van der Waals surface area contributed by atoms with Crippen molar-refractivity contribution in [3.05, 3.63) is 35.9 Å². The quantitative estimate of drug-likeness (QED) is 0.452. The van der Waals surface area contributed by atoms with Crippen molar-refractivity contribution in [1.82, 2.24) is 0 Å². The number of carbonyl (C=O) groups is 1. The molecule has 0 bridgehead atoms. The van der Waals surface area contributed by atoms with E-state index in [1.165, 1.54) is 6.08 Å². The molecule has 0 fully saturated rings. The van der Waals surface area contributed by atoms with Crippen LogP contribution in [0.5, 0.6) is 5.75 Å². The number of ether oxygens (including phenoxy) is 1. The summed E-state index contributed by atoms with van der Waals surface area (Å²) in [6, 6.07) is 7.13. The molecule has 1 N–H and O–H groups in total. The maximum absolute atomic E-state index is 10.5. The first-order chi connectivity index (χ1) is 6.76. The summed E-state index contributed by atoms with van der Waals surface area (Å²) in [5.74, 6) is -0.114. The van der Waals surface area contributed by atoms with Crippen LogP contribution < -0.4 is 4.74 Å². The first-order valence-corrected chi connectivity index (χ1v) is 3.94. The molecular formula is C10H10O4. The molecule has 0 aliphatic carbocycles. The molecule has 1 aromatic carbocycles. The van der Waals surface area contributed by atoms with Crippen LogP contribution in [0.15, 0.2) is 30.3 Å². The third kappa shape index (κ3) is 2.91. The highest BCUT2D eigenvalue weighted by Crippen LogP contribution is 2.13. The van der Waals surface area contributed by atoms with Gasteiger partial charge in [-0.15, -0.1) is 0 Å². The summed E-state index contributed by atoms with van der Waals surface area (Å²) in [4.78, 5) is 14.0. The molecule has 0 spiro atoms. The van der Waals surface area contributed by atoms with Gasteiger partial charge in [0.05, 0.1) is 7.11 Å². The van der Waals surface area contributed by atoms with Crippen LogP contribution in [0.1, 0.15) is 5.56 Å². The van der Waals surface area contributed by atoms with Crippen LogP contribution >= 0.6 is 0 Å². The Morgan fingerprint density at radius 1 is 1.50 bits per heavy atom. The third-order valence-electron chi connectivity index (χ3n) is 1.60. The van der Waals surface area contributed by atoms with Gasteiger partial charge in [-0.2, -0.15) is 5.26 Å². The predicted octanol–water partition coefficient (Wildman–Crippen LogP) is 1.72. The second-order valence-corrected chi connectivity index (χ2v) is 2.52. The molecular weight excluding hydrogens is 184 g/mol. The molecule has 0 saturated carbocycles. The summed E-state index contributed by atoms with van der Waals surface area (Å²) in [6.45, 7) is 0. The minimum atomic E-state index is -0.812. The Morgan fingerprint density at radius 2 is 2.29 bits per heavy atom. The molecule has 4 heteroatoms. The first kappa shape index (κ1) is 10.3. The van der Waals surface area contributed by atoms with Gasteiger partial charge in [0.25, 0.3) is 0 Å². The van der Waals surface area contributed by atoms with Crippen LogP contribution in [-0.4, -0.2) is 18.3 Å². The number of benzene rings is 1. The molecule has 0 saturated heterocycles. The Labute approximate surface area is 81.3 Å². The standard InChI is InChI=1S/C10H10O4/c1-13-9-4-2-3-8(7-9)5-6-10(11)14-12/h2-7,12H,1H3. The fourth-order valence-electron chi connectivity index (χ4n) is 0.940. The minimum Gasteiger partial charge on any atom is -0.497 e. The summed E-state index contributed by atoms with van der Waals surface area (Å²) < 4.78 is 4.99. The molecule has 0 radical (unpaired) electrons. The number of methoxy groups -OCH3 is 1. The van der Waals surface area contributed by atoms with Crippen LogP contribution in [0.3, 0.4) is 0 Å². The van der Waals surface area contributed by atoms with Crippen molar-refractivity contribution in [2.45, 2.75) is 0 Å². The summed E-state index contributed by atoms with van der Waals surface area (Å²) in [6.07, 6.45) is 2.63. The highest BCUT2D eigenvalue weighted by Gasteiger charge is 1.95. The third-order valence-corrected chi connectivity index (χ3v) is 1.60. The van der Waals surface area contributed by atoms with Crippen molar-refractivity contribution in [3.63, 3.8) is 0 Å². The van der Waals surface area contributed by atoms with Crippen molar-refractivity contribution >= 4 is 12.0 Å². The van der Waals surface area contributed by atoms with Crippen molar-refractivity contribution in [3.8, 4) is 5.75 Å². The van der Waals surface area contributed by atoms with Gasteiger partial charge >= 0.3 is 5.97 Å². The molecule has 74 valence electrons. The van der Waals surface area contributed by atoms with Gasteiger partial charge in [-0.05, 0) is 23.8 Å². The second-order valence-electron chi connectivity index (χ2n) is 2.52. The molecule has 0 unspecified atom stereocenters. The lowest BCUT2D eigenvalue weighted by molar-refractivity contribution is -0.227. The van der Waals surface area contributed by atoms with Gasteiger partial charge in [-0.25, -0.2) is 4.79 Å². The first-order valence-electron chi connectivity index (χ1n) is 3.94. The van der Waals surface area contributed by atoms with E-state index in [-0.39, 0.29) is 0 Å². The van der Waals surface area contributed by atoms with Crippen LogP contribution in [0, 0.1) is 0 Å². The van der Waals surface area contributed by atoms with Crippen LogP contribution in [0.25, 0.3) is 6.08 Å². The Balaban J connectivity index is 2.76. The predicted molar refractivity (Wildman–Crippen MR) is 50.7 cm³/mol. The van der Waals surface area contributed by atoms with E-state index < -0.39 is 5.97 Å². The lowest BCUT2D eigenvalue weighted by Crippen LogP contribution is -1.93. The lowest BCUT2D eigenvalue weighted by Gasteiger charge is -1.99. The van der Waals surface area contributed by atoms with Crippen molar-refractivity contribution in [1.29, 1.82) is 0 Å². The molecule has 4 nitrogen and oxygen atoms in total. The molecule has 1 rings (SSSR count). The van der Waals surface area contributed by atoms with E-state index >= 15 is 0 Å². The molecule has 0 heterocycles. The van der Waals surface area contributed by atoms with Gasteiger partial charge in [0.2, 0.25) is 0 Å². The largest absolute Gasteiger partial charge is 0.497 e. The van der Waals surface area contributed by atoms with E-state index in [1.807, 2.05) is 0 Å². The van der Waals surface area contributed by atoms with Gasteiger partial charge in [0.1, 0.15) is 5.75 Å². The maximum Gasteiger partial charge on any atom is 0.365 e. The molecule has 0 aliphatic rings. The zero-order chi connectivity index (χ0) is 10.4. The molecule has 1 aromatic rings. The van der Waals surface area contributed by atoms with Crippen LogP contribution in [0.2, 0.25) is 0 Å². The normalized spacial score (nSPS) is 10.1. The average molecular weight is 194 g/mol. The fourth-order valence-corrected chi connectivity index (χ4v) is 0.940. The van der Waals surface area contributed by atoms with Gasteiger partial charge in [-0.3, -0.25) is 4.89 Å². The second kappa shape index (κ2) is 5.04. The van der Waals surface area contributed by atoms with Crippen LogP contribution in [-0.2, 0) is 9.68 Å². The Morgan fingerprint density at radius 3 is 2.93 bits per heavy atom. The van der Waals surface area contributed by atoms with Gasteiger partial charge in [-0.1, -0.05) is 12.1 Å². The highest BCUT2D eigenvalue weighted by atomic mass is 17.1. The van der Waals surface area contributed by atoms with E-state index in [4.69, 9.17) is 9.99 Å². The molecule has 0 aliphatic heterocycles. The van der Waals surface area contributed by atoms with E-state index in [2.05, 4.69) is 4.89 Å². The smallest absolute Gasteiger partial charge is 0.365 e. The fraction of sp³-hybridized carbons (Fsp3) is 0.100. The Hall–Kier alpha value is -1.81. The monoisotopic (exact) mass is 194 g/mol. The number of hydrogen-bond acceptors (Lipinski definition) is 4. The van der Waals surface area contributed by atoms with Crippen molar-refractivity contribution in [2.24, 2.45) is 0 Å². The molecule has 0 aromatic heterocycles. The van der Waals surface area contributed by atoms with Gasteiger partial charge < -0.3 is 4.74 Å². The van der Waals surface area contributed by atoms with Gasteiger partial charge in [0.15, 0.2) is 0 Å². The Kier molecular flexibility index (Phi) is 3.69. The molecule has 0 atom stereocenters. The maximum atomic E-state index is 10.5. The zero-order valence-corrected chi connectivity index (χ0v) is 7.64. The molecule has 14 heavy (non-hydrogen) atoms. The lowest BCUT2D eigenvalue weighted by atomic mass is 10.2. The topological polar surface area (TPSA) is 55.8 Å². The SMILES string of the molecule is COc1cccc(C=CC(=O)OO)c1. The van der Waals surface area contributed by atoms with Crippen molar-refractivity contribution < 1.29 is 19.7 Å². The zero-order valence-electron chi connectivity index (χ0n) is 7.64. The molecule has 0 amide bonds. The minimum absolute atomic E-state index is 0.699. The van der Waals surface area contributed by atoms with Gasteiger partial charge in [0, 0.05) is 6.08 Å². The summed E-state index contributed by atoms with van der Waals surface area (Å²) in [5, 5.41) is 7.99. The highest BCUT2D eigenvalue weighted by molar-refractivity contribution is 5.86. The van der Waals surface area contributed by atoms with E-state index in [1.54, 1.807) is 31.4 Å². The van der Waals surface area contributed by atoms with E-state index in [0.29, 0.717) is 5.75 Å². The number of rotatable bonds is 3. The average Bonchev–Trinajstić information content (AvgIpc) is 2.26. The van der Waals surface area contributed by atoms with E-state index in [0.717, 1.165) is 11.6 Å². The summed E-state index contributed by atoms with van der Waals surface area (Å²) in [7, 11) is 1.56.